The molecule has 0 bridgehead atoms. The molecule has 1 aromatic carbocycles. The maximum Gasteiger partial charge on any atom is 0.293 e. The zero-order valence-electron chi connectivity index (χ0n) is 23.2. The third-order valence-corrected chi connectivity index (χ3v) is 8.02. The fourth-order valence-electron chi connectivity index (χ4n) is 5.38. The van der Waals surface area contributed by atoms with Crippen molar-refractivity contribution < 1.29 is 23.8 Å². The van der Waals surface area contributed by atoms with Crippen molar-refractivity contribution in [2.24, 2.45) is 7.05 Å². The summed E-state index contributed by atoms with van der Waals surface area (Å²) in [5.74, 6) is 1.08. The molecule has 6 rings (SSSR count). The smallest absolute Gasteiger partial charge is 0.293 e. The summed E-state index contributed by atoms with van der Waals surface area (Å²) in [6.45, 7) is 4.74. The fraction of sp³-hybridized carbons (Fsp3) is 0.462. The van der Waals surface area contributed by atoms with Gasteiger partial charge in [0.15, 0.2) is 41.5 Å². The van der Waals surface area contributed by atoms with E-state index < -0.39 is 24.5 Å². The Morgan fingerprint density at radius 3 is 2.67 bits per heavy atom. The summed E-state index contributed by atoms with van der Waals surface area (Å²) in [6, 6.07) is 8.14. The van der Waals surface area contributed by atoms with Crippen molar-refractivity contribution in [2.45, 2.75) is 43.9 Å². The molecule has 0 spiro atoms. The summed E-state index contributed by atoms with van der Waals surface area (Å²) in [4.78, 5) is 40.8. The van der Waals surface area contributed by atoms with Crippen molar-refractivity contribution in [3.05, 3.63) is 45.6 Å². The van der Waals surface area contributed by atoms with Gasteiger partial charge in [-0.2, -0.15) is 14.8 Å². The van der Waals surface area contributed by atoms with E-state index >= 15 is 0 Å². The van der Waals surface area contributed by atoms with Crippen LogP contribution in [0.25, 0.3) is 11.2 Å². The average Bonchev–Trinajstić information content (AvgIpc) is 3.81. The third kappa shape index (κ3) is 6.37. The van der Waals surface area contributed by atoms with Crippen molar-refractivity contribution in [2.75, 3.05) is 36.8 Å². The lowest BCUT2D eigenvalue weighted by atomic mass is 10.1. The number of nitrogens with zero attached hydrogens (tertiary/aromatic N) is 9. The van der Waals surface area contributed by atoms with E-state index in [0.29, 0.717) is 36.0 Å². The van der Waals surface area contributed by atoms with Crippen LogP contribution in [-0.2, 0) is 37.4 Å². The van der Waals surface area contributed by atoms with Crippen LogP contribution in [0, 0.1) is 3.57 Å². The minimum Gasteiger partial charge on any atom is -0.457 e. The highest BCUT2D eigenvalue weighted by Gasteiger charge is 2.52. The van der Waals surface area contributed by atoms with Crippen LogP contribution < -0.4 is 10.6 Å². The number of nitrogens with one attached hydrogen (secondary N) is 2. The van der Waals surface area contributed by atoms with Gasteiger partial charge in [-0.3, -0.25) is 14.2 Å². The molecule has 5 heterocycles. The van der Waals surface area contributed by atoms with E-state index in [4.69, 9.17) is 24.2 Å². The van der Waals surface area contributed by atoms with E-state index in [1.165, 1.54) is 24.0 Å². The van der Waals surface area contributed by atoms with E-state index in [-0.39, 0.29) is 18.8 Å². The van der Waals surface area contributed by atoms with Crippen LogP contribution in [0.15, 0.2) is 30.6 Å². The topological polar surface area (TPSA) is 176 Å². The summed E-state index contributed by atoms with van der Waals surface area (Å²) in [6.07, 6.45) is -0.112. The molecule has 16 nitrogen and oxygen atoms in total. The quantitative estimate of drug-likeness (QED) is 0.151. The molecule has 2 fully saturated rings. The Balaban J connectivity index is 1.35. The molecule has 4 aromatic rings. The Morgan fingerprint density at radius 1 is 1.12 bits per heavy atom. The number of hydrogen-bond acceptors (Lipinski definition) is 14. The van der Waals surface area contributed by atoms with E-state index in [1.807, 2.05) is 18.2 Å². The number of rotatable bonds is 13. The van der Waals surface area contributed by atoms with Crippen LogP contribution in [0.1, 0.15) is 36.6 Å². The lowest BCUT2D eigenvalue weighted by Gasteiger charge is -2.21. The fourth-order valence-corrected chi connectivity index (χ4v) is 5.98. The van der Waals surface area contributed by atoms with Gasteiger partial charge in [-0.1, -0.05) is 12.1 Å². The third-order valence-electron chi connectivity index (χ3n) is 7.35. The average molecular weight is 704 g/mol. The molecule has 0 radical (unpaired) electrons. The van der Waals surface area contributed by atoms with Crippen molar-refractivity contribution in [3.8, 4) is 0 Å². The van der Waals surface area contributed by atoms with E-state index in [0.717, 1.165) is 28.8 Å². The molecule has 2 saturated heterocycles. The number of tetrazole rings is 1. The van der Waals surface area contributed by atoms with Gasteiger partial charge in [0.25, 0.3) is 12.9 Å². The first-order valence-corrected chi connectivity index (χ1v) is 14.9. The molecule has 0 aliphatic carbocycles. The van der Waals surface area contributed by atoms with Crippen LogP contribution in [0.5, 0.6) is 0 Å². The summed E-state index contributed by atoms with van der Waals surface area (Å²) in [5, 5.41) is 18.8. The maximum absolute atomic E-state index is 11.6. The second kappa shape index (κ2) is 13.1. The summed E-state index contributed by atoms with van der Waals surface area (Å²) >= 11 is 2.28. The molecule has 17 heteroatoms. The summed E-state index contributed by atoms with van der Waals surface area (Å²) in [7, 11) is 1.60. The van der Waals surface area contributed by atoms with E-state index in [1.54, 1.807) is 11.6 Å². The number of likely N-dealkylation sites (tertiary alicyclic amines) is 1. The minimum absolute atomic E-state index is 0.166. The van der Waals surface area contributed by atoms with Crippen LogP contribution in [0.3, 0.4) is 0 Å². The van der Waals surface area contributed by atoms with Gasteiger partial charge in [0.05, 0.1) is 13.4 Å². The van der Waals surface area contributed by atoms with Crippen LogP contribution in [0.2, 0.25) is 0 Å². The Hall–Kier alpha value is -3.97. The molecule has 2 aliphatic rings. The highest BCUT2D eigenvalue weighted by atomic mass is 127. The van der Waals surface area contributed by atoms with E-state index in [9.17, 15) is 9.59 Å². The predicted octanol–water partition coefficient (Wildman–Crippen LogP) is 1.43. The minimum atomic E-state index is -1.06. The number of benzene rings is 1. The number of fused-ring (bicyclic) bond motifs is 1. The number of aryl methyl sites for hydroxylation is 1. The monoisotopic (exact) mass is 703 g/mol. The number of carbonyl (C=O) groups excluding carboxylic acids is 2. The van der Waals surface area contributed by atoms with Gasteiger partial charge >= 0.3 is 0 Å². The molecule has 2 aliphatic heterocycles. The zero-order chi connectivity index (χ0) is 29.8. The number of hydrogen-bond donors (Lipinski definition) is 2. The summed E-state index contributed by atoms with van der Waals surface area (Å²) < 4.78 is 19.8. The lowest BCUT2D eigenvalue weighted by Crippen LogP contribution is -2.34. The standard InChI is InChI=1S/C26H30IN11O5/c1-36-34-23(33-35-36)20-19(41-14-39)21(42-15-40)25(43-20)38-13-30-18-22(29-12-16-5-4-6-17(27)11-16)31-26(32-24(18)38)28-7-10-37-8-2-3-9-37/h4-6,11,13-15,19-21,25H,2-3,7-10,12H2,1H3,(H2,28,29,31,32)/t19-,20-,21+,25+/m0/s1. The first-order chi connectivity index (χ1) is 21.0. The molecule has 3 aromatic heterocycles. The van der Waals surface area contributed by atoms with Gasteiger partial charge in [0, 0.05) is 23.2 Å². The number of anilines is 2. The zero-order valence-corrected chi connectivity index (χ0v) is 25.4. The Bertz CT molecular complexity index is 1580. The molecule has 226 valence electrons. The van der Waals surface area contributed by atoms with Gasteiger partial charge in [-0.25, -0.2) is 4.98 Å². The molecular formula is C26H30IN11O5. The first kappa shape index (κ1) is 29.1. The van der Waals surface area contributed by atoms with Crippen LogP contribution >= 0.6 is 22.6 Å². The van der Waals surface area contributed by atoms with Gasteiger partial charge in [-0.05, 0) is 71.4 Å². The second-order valence-electron chi connectivity index (χ2n) is 10.2. The Morgan fingerprint density at radius 2 is 1.93 bits per heavy atom. The number of imidazole rings is 1. The van der Waals surface area contributed by atoms with Crippen molar-refractivity contribution in [1.82, 2.24) is 44.6 Å². The molecule has 4 atom stereocenters. The van der Waals surface area contributed by atoms with Crippen LogP contribution in [0.4, 0.5) is 11.8 Å². The normalized spacial score (nSPS) is 22.1. The van der Waals surface area contributed by atoms with Gasteiger partial charge in [-0.15, -0.1) is 10.2 Å². The Labute approximate surface area is 259 Å². The van der Waals surface area contributed by atoms with Crippen LogP contribution in [-0.4, -0.2) is 96.0 Å². The number of halogens is 1. The number of aromatic nitrogens is 8. The molecule has 0 unspecified atom stereocenters. The number of carbonyl (C=O) groups is 2. The second-order valence-corrected chi connectivity index (χ2v) is 11.4. The van der Waals surface area contributed by atoms with E-state index in [2.05, 4.69) is 64.6 Å². The molecule has 0 saturated carbocycles. The van der Waals surface area contributed by atoms with Crippen molar-refractivity contribution in [1.29, 1.82) is 0 Å². The predicted molar refractivity (Wildman–Crippen MR) is 160 cm³/mol. The van der Waals surface area contributed by atoms with Gasteiger partial charge < -0.3 is 29.7 Å². The summed E-state index contributed by atoms with van der Waals surface area (Å²) in [5.41, 5.74) is 1.98. The van der Waals surface area contributed by atoms with Crippen molar-refractivity contribution in [3.63, 3.8) is 0 Å². The largest absolute Gasteiger partial charge is 0.457 e. The molecule has 2 N–H and O–H groups in total. The maximum atomic E-state index is 11.6. The number of ether oxygens (including phenoxy) is 3. The molecular weight excluding hydrogens is 673 g/mol. The highest BCUT2D eigenvalue weighted by Crippen LogP contribution is 2.42. The first-order valence-electron chi connectivity index (χ1n) is 13.8. The van der Waals surface area contributed by atoms with Gasteiger partial charge in [0.2, 0.25) is 11.8 Å². The van der Waals surface area contributed by atoms with Crippen molar-refractivity contribution >= 4 is 58.5 Å². The molecule has 0 amide bonds. The Kier molecular flexibility index (Phi) is 8.89. The molecule has 43 heavy (non-hydrogen) atoms. The highest BCUT2D eigenvalue weighted by molar-refractivity contribution is 14.1. The van der Waals surface area contributed by atoms with Gasteiger partial charge in [0.1, 0.15) is 0 Å². The lowest BCUT2D eigenvalue weighted by molar-refractivity contribution is -0.151. The SMILES string of the molecule is Cn1nnc([C@H]2O[C@@H](n3cnc4c(NCc5cccc(I)c5)nc(NCCN5CCCC5)nc43)[C@H](OC=O)[C@H]2OC=O)n1.